The Morgan fingerprint density at radius 2 is 2.29 bits per heavy atom. The summed E-state index contributed by atoms with van der Waals surface area (Å²) in [6.45, 7) is 7.91. The van der Waals surface area contributed by atoms with Gasteiger partial charge in [0.25, 0.3) is 0 Å². The van der Waals surface area contributed by atoms with Crippen molar-refractivity contribution in [3.8, 4) is 0 Å². The Kier molecular flexibility index (Phi) is 4.31. The molecular formula is C16H24N6O2. The second kappa shape index (κ2) is 6.27. The number of morpholine rings is 1. The topological polar surface area (TPSA) is 88.1 Å². The van der Waals surface area contributed by atoms with Gasteiger partial charge >= 0.3 is 6.03 Å². The lowest BCUT2D eigenvalue weighted by Gasteiger charge is -2.40. The van der Waals surface area contributed by atoms with E-state index in [1.807, 2.05) is 34.0 Å². The molecule has 24 heavy (non-hydrogen) atoms. The number of aromatic nitrogens is 4. The van der Waals surface area contributed by atoms with Crippen LogP contribution in [0.15, 0.2) is 12.4 Å². The minimum Gasteiger partial charge on any atom is -0.367 e. The Labute approximate surface area is 141 Å². The molecule has 0 aromatic carbocycles. The number of ether oxygens (including phenoxy) is 1. The molecule has 2 aromatic rings. The number of carbonyl (C=O) groups is 1. The number of amides is 2. The number of hydrogen-bond acceptors (Lipinski definition) is 4. The first kappa shape index (κ1) is 16.5. The average Bonchev–Trinajstić information content (AvgIpc) is 3.12. The van der Waals surface area contributed by atoms with Crippen molar-refractivity contribution in [2.24, 2.45) is 7.05 Å². The summed E-state index contributed by atoms with van der Waals surface area (Å²) in [6.07, 6.45) is 3.72. The number of hydrogen-bond donors (Lipinski definition) is 2. The van der Waals surface area contributed by atoms with Crippen LogP contribution in [0.3, 0.4) is 0 Å². The van der Waals surface area contributed by atoms with Crippen molar-refractivity contribution in [1.82, 2.24) is 30.2 Å². The molecule has 2 amide bonds. The minimum absolute atomic E-state index is 0.0894. The Bertz CT molecular complexity index is 717. The van der Waals surface area contributed by atoms with E-state index in [0.29, 0.717) is 26.2 Å². The molecule has 3 heterocycles. The predicted octanol–water partition coefficient (Wildman–Crippen LogP) is 1.22. The van der Waals surface area contributed by atoms with E-state index < -0.39 is 5.60 Å². The lowest BCUT2D eigenvalue weighted by Crippen LogP contribution is -2.53. The second-order valence-corrected chi connectivity index (χ2v) is 6.47. The fourth-order valence-electron chi connectivity index (χ4n) is 3.02. The molecule has 1 aliphatic rings. The van der Waals surface area contributed by atoms with Gasteiger partial charge in [-0.2, -0.15) is 10.2 Å². The molecule has 0 aliphatic carbocycles. The van der Waals surface area contributed by atoms with Crippen LogP contribution in [0.1, 0.15) is 29.4 Å². The fraction of sp³-hybridized carbons (Fsp3) is 0.562. The van der Waals surface area contributed by atoms with Crippen molar-refractivity contribution in [2.45, 2.75) is 32.9 Å². The number of H-pyrrole nitrogens is 1. The first-order valence-corrected chi connectivity index (χ1v) is 8.05. The van der Waals surface area contributed by atoms with Gasteiger partial charge in [0.05, 0.1) is 25.0 Å². The molecule has 3 rings (SSSR count). The minimum atomic E-state index is -0.536. The van der Waals surface area contributed by atoms with Gasteiger partial charge in [0.15, 0.2) is 0 Å². The Balaban J connectivity index is 1.65. The predicted molar refractivity (Wildman–Crippen MR) is 88.4 cm³/mol. The molecule has 8 heteroatoms. The zero-order valence-electron chi connectivity index (χ0n) is 14.6. The van der Waals surface area contributed by atoms with E-state index in [1.165, 1.54) is 0 Å². The maximum absolute atomic E-state index is 12.5. The Hall–Kier alpha value is -2.35. The highest BCUT2D eigenvalue weighted by Crippen LogP contribution is 2.29. The number of carbonyl (C=O) groups excluding carboxylic acids is 1. The van der Waals surface area contributed by atoms with Gasteiger partial charge in [-0.05, 0) is 20.8 Å². The lowest BCUT2D eigenvalue weighted by atomic mass is 9.97. The SMILES string of the molecule is Cc1n[nH]c(C)c1CNC(=O)N1CCO[C@@](C)(c2cnn(C)c2)C1. The van der Waals surface area contributed by atoms with Gasteiger partial charge in [-0.3, -0.25) is 9.78 Å². The summed E-state index contributed by atoms with van der Waals surface area (Å²) in [5, 5.41) is 14.3. The standard InChI is InChI=1S/C16H24N6O2/c1-11-14(12(2)20-19-11)8-17-15(23)22-5-6-24-16(3,10-22)13-7-18-21(4)9-13/h7,9H,5-6,8,10H2,1-4H3,(H,17,23)(H,19,20)/t16-/m1/s1. The molecule has 1 aliphatic heterocycles. The summed E-state index contributed by atoms with van der Waals surface area (Å²) >= 11 is 0. The first-order chi connectivity index (χ1) is 11.4. The van der Waals surface area contributed by atoms with E-state index in [4.69, 9.17) is 4.74 Å². The van der Waals surface area contributed by atoms with Gasteiger partial charge in [0.2, 0.25) is 0 Å². The Morgan fingerprint density at radius 3 is 2.92 bits per heavy atom. The van der Waals surface area contributed by atoms with Crippen molar-refractivity contribution in [3.63, 3.8) is 0 Å². The third-order valence-corrected chi connectivity index (χ3v) is 4.57. The number of nitrogens with zero attached hydrogens (tertiary/aromatic N) is 4. The van der Waals surface area contributed by atoms with Crippen molar-refractivity contribution < 1.29 is 9.53 Å². The van der Waals surface area contributed by atoms with Crippen molar-refractivity contribution in [2.75, 3.05) is 19.7 Å². The molecular weight excluding hydrogens is 308 g/mol. The van der Waals surface area contributed by atoms with Gasteiger partial charge in [0.1, 0.15) is 5.60 Å². The van der Waals surface area contributed by atoms with Crippen LogP contribution >= 0.6 is 0 Å². The van der Waals surface area contributed by atoms with E-state index in [-0.39, 0.29) is 6.03 Å². The lowest BCUT2D eigenvalue weighted by molar-refractivity contribution is -0.0907. The van der Waals surface area contributed by atoms with E-state index in [2.05, 4.69) is 20.6 Å². The van der Waals surface area contributed by atoms with Gasteiger partial charge in [-0.15, -0.1) is 0 Å². The first-order valence-electron chi connectivity index (χ1n) is 8.05. The van der Waals surface area contributed by atoms with Crippen LogP contribution in [-0.4, -0.2) is 50.6 Å². The zero-order valence-corrected chi connectivity index (χ0v) is 14.6. The van der Waals surface area contributed by atoms with Crippen LogP contribution < -0.4 is 5.32 Å². The van der Waals surface area contributed by atoms with Crippen LogP contribution in [0, 0.1) is 13.8 Å². The quantitative estimate of drug-likeness (QED) is 0.884. The van der Waals surface area contributed by atoms with Crippen LogP contribution in [0.25, 0.3) is 0 Å². The molecule has 1 atom stereocenters. The van der Waals surface area contributed by atoms with E-state index in [1.54, 1.807) is 15.8 Å². The molecule has 0 spiro atoms. The highest BCUT2D eigenvalue weighted by atomic mass is 16.5. The summed E-state index contributed by atoms with van der Waals surface area (Å²) in [5.74, 6) is 0. The second-order valence-electron chi connectivity index (χ2n) is 6.47. The molecule has 2 N–H and O–H groups in total. The van der Waals surface area contributed by atoms with E-state index >= 15 is 0 Å². The van der Waals surface area contributed by atoms with Gasteiger partial charge < -0.3 is 15.0 Å². The largest absolute Gasteiger partial charge is 0.367 e. The van der Waals surface area contributed by atoms with Crippen LogP contribution in [-0.2, 0) is 23.9 Å². The van der Waals surface area contributed by atoms with Crippen LogP contribution in [0.5, 0.6) is 0 Å². The molecule has 8 nitrogen and oxygen atoms in total. The molecule has 0 bridgehead atoms. The Morgan fingerprint density at radius 1 is 1.50 bits per heavy atom. The van der Waals surface area contributed by atoms with Gasteiger partial charge in [0, 0.05) is 43.2 Å². The summed E-state index contributed by atoms with van der Waals surface area (Å²) in [7, 11) is 1.87. The monoisotopic (exact) mass is 332 g/mol. The van der Waals surface area contributed by atoms with Gasteiger partial charge in [-0.25, -0.2) is 4.79 Å². The smallest absolute Gasteiger partial charge is 0.317 e. The summed E-state index contributed by atoms with van der Waals surface area (Å²) in [5.41, 5.74) is 3.37. The van der Waals surface area contributed by atoms with Crippen LogP contribution in [0.2, 0.25) is 0 Å². The molecule has 1 saturated heterocycles. The molecule has 2 aromatic heterocycles. The molecule has 1 fully saturated rings. The molecule has 0 radical (unpaired) electrons. The third-order valence-electron chi connectivity index (χ3n) is 4.57. The number of nitrogens with one attached hydrogen (secondary N) is 2. The van der Waals surface area contributed by atoms with Crippen LogP contribution in [0.4, 0.5) is 4.79 Å². The average molecular weight is 332 g/mol. The van der Waals surface area contributed by atoms with Crippen molar-refractivity contribution >= 4 is 6.03 Å². The molecule has 130 valence electrons. The highest BCUT2D eigenvalue weighted by Gasteiger charge is 2.36. The van der Waals surface area contributed by atoms with Crippen molar-refractivity contribution in [3.05, 3.63) is 34.9 Å². The highest BCUT2D eigenvalue weighted by molar-refractivity contribution is 5.74. The maximum atomic E-state index is 12.5. The fourth-order valence-corrected chi connectivity index (χ4v) is 3.02. The number of aromatic amines is 1. The zero-order chi connectivity index (χ0) is 17.3. The molecule has 0 unspecified atom stereocenters. The number of rotatable bonds is 3. The maximum Gasteiger partial charge on any atom is 0.317 e. The summed E-state index contributed by atoms with van der Waals surface area (Å²) in [6, 6.07) is -0.0894. The third kappa shape index (κ3) is 3.14. The van der Waals surface area contributed by atoms with Gasteiger partial charge in [-0.1, -0.05) is 0 Å². The molecule has 0 saturated carbocycles. The summed E-state index contributed by atoms with van der Waals surface area (Å²) < 4.78 is 7.69. The summed E-state index contributed by atoms with van der Waals surface area (Å²) in [4.78, 5) is 14.3. The van der Waals surface area contributed by atoms with Crippen molar-refractivity contribution in [1.29, 1.82) is 0 Å². The van der Waals surface area contributed by atoms with E-state index in [9.17, 15) is 4.79 Å². The number of aryl methyl sites for hydroxylation is 3. The normalized spacial score (nSPS) is 21.1. The van der Waals surface area contributed by atoms with E-state index in [0.717, 1.165) is 22.5 Å². The number of urea groups is 1.